The molecular weight excluding hydrogens is 422 g/mol. The highest BCUT2D eigenvalue weighted by Crippen LogP contribution is 2.27. The Balaban J connectivity index is 1.63. The van der Waals surface area contributed by atoms with Gasteiger partial charge in [0.15, 0.2) is 5.65 Å². The van der Waals surface area contributed by atoms with Gasteiger partial charge in [-0.15, -0.1) is 4.73 Å². The Labute approximate surface area is 188 Å². The predicted octanol–water partition coefficient (Wildman–Crippen LogP) is 2.85. The summed E-state index contributed by atoms with van der Waals surface area (Å²) in [5, 5.41) is 16.5. The van der Waals surface area contributed by atoms with Crippen LogP contribution in [0.15, 0.2) is 78.1 Å². The van der Waals surface area contributed by atoms with E-state index in [4.69, 9.17) is 0 Å². The highest BCUT2D eigenvalue weighted by molar-refractivity contribution is 5.95. The summed E-state index contributed by atoms with van der Waals surface area (Å²) in [5.74, 6) is 0.0446. The topological polar surface area (TPSA) is 125 Å². The van der Waals surface area contributed by atoms with Gasteiger partial charge < -0.3 is 20.7 Å². The number of pyridine rings is 2. The normalized spacial score (nSPS) is 10.6. The Morgan fingerprint density at radius 2 is 1.88 bits per heavy atom. The number of likely N-dealkylation sites (N-methyl/N-ethyl adjacent to an activating group) is 1. The molecule has 4 aromatic rings. The summed E-state index contributed by atoms with van der Waals surface area (Å²) >= 11 is 0. The van der Waals surface area contributed by atoms with E-state index < -0.39 is 5.69 Å². The van der Waals surface area contributed by atoms with E-state index in [0.29, 0.717) is 21.5 Å². The summed E-state index contributed by atoms with van der Waals surface area (Å²) in [6.45, 7) is 3.78. The van der Waals surface area contributed by atoms with Crippen molar-refractivity contribution in [3.05, 3.63) is 83.8 Å². The maximum absolute atomic E-state index is 12.0. The molecule has 0 radical (unpaired) electrons. The van der Waals surface area contributed by atoms with Crippen LogP contribution >= 0.6 is 0 Å². The van der Waals surface area contributed by atoms with Crippen LogP contribution in [0.5, 0.6) is 0 Å². The molecular formula is C23H21N7O3. The lowest BCUT2D eigenvalue weighted by Gasteiger charge is -2.14. The molecule has 0 atom stereocenters. The number of carbonyl (C=O) groups is 1. The molecule has 3 heterocycles. The first kappa shape index (κ1) is 21.5. The van der Waals surface area contributed by atoms with Crippen molar-refractivity contribution in [1.29, 1.82) is 0 Å². The van der Waals surface area contributed by atoms with Crippen LogP contribution in [0.2, 0.25) is 0 Å². The molecule has 0 fully saturated rings. The van der Waals surface area contributed by atoms with E-state index in [1.165, 1.54) is 11.1 Å². The van der Waals surface area contributed by atoms with E-state index in [2.05, 4.69) is 32.2 Å². The number of amides is 1. The van der Waals surface area contributed by atoms with Gasteiger partial charge in [-0.05, 0) is 35.9 Å². The lowest BCUT2D eigenvalue weighted by Crippen LogP contribution is -2.26. The van der Waals surface area contributed by atoms with E-state index in [9.17, 15) is 14.8 Å². The molecule has 0 spiro atoms. The van der Waals surface area contributed by atoms with E-state index in [1.807, 2.05) is 30.3 Å². The third-order valence-electron chi connectivity index (χ3n) is 4.79. The first-order valence-corrected chi connectivity index (χ1v) is 9.90. The minimum atomic E-state index is -0.838. The highest BCUT2D eigenvalue weighted by Gasteiger charge is 2.12. The second-order valence-electron chi connectivity index (χ2n) is 7.40. The third-order valence-corrected chi connectivity index (χ3v) is 4.79. The van der Waals surface area contributed by atoms with Crippen molar-refractivity contribution >= 4 is 34.1 Å². The fourth-order valence-electron chi connectivity index (χ4n) is 3.22. The van der Waals surface area contributed by atoms with Gasteiger partial charge in [0.2, 0.25) is 0 Å². The molecule has 3 N–H and O–H groups in total. The number of anilines is 3. The zero-order valence-electron chi connectivity index (χ0n) is 18.0. The molecule has 3 aromatic heterocycles. The summed E-state index contributed by atoms with van der Waals surface area (Å²) in [4.78, 5) is 37.7. The summed E-state index contributed by atoms with van der Waals surface area (Å²) in [7, 11) is 3.30. The van der Waals surface area contributed by atoms with Crippen molar-refractivity contribution in [1.82, 2.24) is 24.6 Å². The lowest BCUT2D eigenvalue weighted by atomic mass is 10.1. The van der Waals surface area contributed by atoms with Gasteiger partial charge in [-0.2, -0.15) is 4.98 Å². The van der Waals surface area contributed by atoms with Gasteiger partial charge in [0.25, 0.3) is 5.91 Å². The summed E-state index contributed by atoms with van der Waals surface area (Å²) in [5.41, 5.74) is 2.45. The van der Waals surface area contributed by atoms with E-state index in [0.717, 1.165) is 11.1 Å². The van der Waals surface area contributed by atoms with Gasteiger partial charge >= 0.3 is 5.69 Å². The molecule has 10 nitrogen and oxygen atoms in total. The minimum Gasteiger partial charge on any atom is -0.422 e. The van der Waals surface area contributed by atoms with Crippen molar-refractivity contribution in [2.45, 2.75) is 0 Å². The quantitative estimate of drug-likeness (QED) is 0.307. The second kappa shape index (κ2) is 8.79. The fraction of sp³-hybridized carbons (Fsp3) is 0.0870. The first-order valence-electron chi connectivity index (χ1n) is 9.90. The SMILES string of the molecule is C=C(Nc1cncc(-c2cccc(Nc3nc(=O)n(O)c4ncccc34)c2)c1)C(=O)N(C)C. The molecule has 0 saturated carbocycles. The molecule has 166 valence electrons. The molecule has 0 unspecified atom stereocenters. The van der Waals surface area contributed by atoms with E-state index >= 15 is 0 Å². The van der Waals surface area contributed by atoms with Crippen molar-refractivity contribution in [3.8, 4) is 11.1 Å². The monoisotopic (exact) mass is 443 g/mol. The van der Waals surface area contributed by atoms with Crippen molar-refractivity contribution in [3.63, 3.8) is 0 Å². The number of hydrogen-bond donors (Lipinski definition) is 3. The zero-order valence-corrected chi connectivity index (χ0v) is 18.0. The van der Waals surface area contributed by atoms with Crippen LogP contribution in [-0.2, 0) is 4.79 Å². The first-order chi connectivity index (χ1) is 15.8. The Kier molecular flexibility index (Phi) is 5.73. The molecule has 0 bridgehead atoms. The van der Waals surface area contributed by atoms with E-state index in [1.54, 1.807) is 38.6 Å². The number of hydrogen-bond acceptors (Lipinski definition) is 8. The van der Waals surface area contributed by atoms with Crippen LogP contribution in [0.25, 0.3) is 22.2 Å². The van der Waals surface area contributed by atoms with Gasteiger partial charge in [-0.25, -0.2) is 9.78 Å². The summed E-state index contributed by atoms with van der Waals surface area (Å²) < 4.78 is 0.413. The minimum absolute atomic E-state index is 0.103. The van der Waals surface area contributed by atoms with Crippen LogP contribution in [0.3, 0.4) is 0 Å². The number of benzene rings is 1. The zero-order chi connectivity index (χ0) is 23.5. The Hall–Kier alpha value is -4.73. The molecule has 0 aliphatic rings. The second-order valence-corrected chi connectivity index (χ2v) is 7.40. The van der Waals surface area contributed by atoms with Gasteiger partial charge in [0.05, 0.1) is 23.0 Å². The Bertz CT molecular complexity index is 1430. The average Bonchev–Trinajstić information content (AvgIpc) is 2.82. The van der Waals surface area contributed by atoms with Gasteiger partial charge in [-0.1, -0.05) is 18.7 Å². The van der Waals surface area contributed by atoms with Crippen LogP contribution < -0.4 is 16.3 Å². The smallest absolute Gasteiger partial charge is 0.384 e. The number of carbonyl (C=O) groups excluding carboxylic acids is 1. The molecule has 0 aliphatic heterocycles. The number of nitrogens with zero attached hydrogens (tertiary/aromatic N) is 5. The van der Waals surface area contributed by atoms with Gasteiger partial charge in [0, 0.05) is 37.7 Å². The highest BCUT2D eigenvalue weighted by atomic mass is 16.5. The van der Waals surface area contributed by atoms with Gasteiger partial charge in [-0.3, -0.25) is 9.78 Å². The standard InChI is InChI=1S/C23H21N7O3/c1-14(22(31)29(2)3)26-18-11-16(12-24-13-18)15-6-4-7-17(10-15)27-20-19-8-5-9-25-21(19)30(33)23(32)28-20/h4-13,26,33H,1H2,2-3H3,(H,27,28,32). The lowest BCUT2D eigenvalue weighted by molar-refractivity contribution is -0.124. The van der Waals surface area contributed by atoms with Crippen molar-refractivity contribution < 1.29 is 10.0 Å². The number of fused-ring (bicyclic) bond motifs is 1. The molecule has 10 heteroatoms. The molecule has 33 heavy (non-hydrogen) atoms. The van der Waals surface area contributed by atoms with Crippen molar-refractivity contribution in [2.75, 3.05) is 24.7 Å². The molecule has 1 amide bonds. The summed E-state index contributed by atoms with van der Waals surface area (Å²) in [6, 6.07) is 12.7. The number of rotatable bonds is 6. The largest absolute Gasteiger partial charge is 0.422 e. The van der Waals surface area contributed by atoms with Crippen LogP contribution in [0, 0.1) is 0 Å². The molecule has 0 saturated heterocycles. The Morgan fingerprint density at radius 1 is 1.09 bits per heavy atom. The van der Waals surface area contributed by atoms with Crippen molar-refractivity contribution in [2.24, 2.45) is 0 Å². The van der Waals surface area contributed by atoms with Crippen LogP contribution in [0.4, 0.5) is 17.2 Å². The van der Waals surface area contributed by atoms with Crippen LogP contribution in [-0.4, -0.2) is 49.8 Å². The van der Waals surface area contributed by atoms with Gasteiger partial charge in [0.1, 0.15) is 5.82 Å². The maximum atomic E-state index is 12.0. The van der Waals surface area contributed by atoms with E-state index in [-0.39, 0.29) is 23.1 Å². The fourth-order valence-corrected chi connectivity index (χ4v) is 3.22. The Morgan fingerprint density at radius 3 is 2.67 bits per heavy atom. The van der Waals surface area contributed by atoms with Crippen LogP contribution in [0.1, 0.15) is 0 Å². The predicted molar refractivity (Wildman–Crippen MR) is 125 cm³/mol. The number of aromatic nitrogens is 4. The maximum Gasteiger partial charge on any atom is 0.384 e. The molecule has 1 aromatic carbocycles. The average molecular weight is 443 g/mol. The number of nitrogens with one attached hydrogen (secondary N) is 2. The molecule has 4 rings (SSSR count). The molecule has 0 aliphatic carbocycles. The summed E-state index contributed by atoms with van der Waals surface area (Å²) in [6.07, 6.45) is 4.78. The third kappa shape index (κ3) is 4.49.